The molecule has 2 rings (SSSR count). The van der Waals surface area contributed by atoms with Gasteiger partial charge in [0.05, 0.1) is 6.26 Å². The van der Waals surface area contributed by atoms with E-state index in [4.69, 9.17) is 4.74 Å². The van der Waals surface area contributed by atoms with Crippen LogP contribution in [0.5, 0.6) is 0 Å². The molecule has 0 radical (unpaired) electrons. The number of rotatable bonds is 5. The van der Waals surface area contributed by atoms with E-state index in [1.54, 1.807) is 6.26 Å². The van der Waals surface area contributed by atoms with Crippen LogP contribution in [-0.2, 0) is 4.74 Å². The first-order chi connectivity index (χ1) is 6.40. The van der Waals surface area contributed by atoms with Gasteiger partial charge in [-0.25, -0.2) is 0 Å². The summed E-state index contributed by atoms with van der Waals surface area (Å²) in [5.41, 5.74) is 0. The van der Waals surface area contributed by atoms with Gasteiger partial charge in [0.2, 0.25) is 0 Å². The second-order valence-electron chi connectivity index (χ2n) is 4.23. The smallest absolute Gasteiger partial charge is 0.103 e. The highest BCUT2D eigenvalue weighted by Crippen LogP contribution is 2.32. The van der Waals surface area contributed by atoms with E-state index in [9.17, 15) is 0 Å². The van der Waals surface area contributed by atoms with Gasteiger partial charge in [-0.05, 0) is 38.1 Å². The Morgan fingerprint density at radius 1 is 1.38 bits per heavy atom. The van der Waals surface area contributed by atoms with Crippen LogP contribution in [0.1, 0.15) is 25.7 Å². The zero-order valence-corrected chi connectivity index (χ0v) is 8.24. The van der Waals surface area contributed by atoms with Gasteiger partial charge in [-0.1, -0.05) is 6.58 Å². The zero-order valence-electron chi connectivity index (χ0n) is 8.24. The molecule has 1 heterocycles. The van der Waals surface area contributed by atoms with E-state index in [1.165, 1.54) is 38.8 Å². The average molecular weight is 181 g/mol. The van der Waals surface area contributed by atoms with Crippen molar-refractivity contribution >= 4 is 0 Å². The van der Waals surface area contributed by atoms with Crippen LogP contribution in [-0.4, -0.2) is 30.6 Å². The van der Waals surface area contributed by atoms with Crippen LogP contribution in [0.3, 0.4) is 0 Å². The Kier molecular flexibility index (Phi) is 2.89. The fourth-order valence-corrected chi connectivity index (χ4v) is 2.14. The van der Waals surface area contributed by atoms with Gasteiger partial charge in [0.15, 0.2) is 0 Å². The Morgan fingerprint density at radius 2 is 2.23 bits per heavy atom. The monoisotopic (exact) mass is 181 g/mol. The molecule has 0 spiro atoms. The van der Waals surface area contributed by atoms with Crippen LogP contribution < -0.4 is 0 Å². The van der Waals surface area contributed by atoms with Crippen molar-refractivity contribution in [2.45, 2.75) is 31.7 Å². The molecule has 13 heavy (non-hydrogen) atoms. The van der Waals surface area contributed by atoms with E-state index in [1.807, 2.05) is 0 Å². The van der Waals surface area contributed by atoms with Gasteiger partial charge in [0.25, 0.3) is 0 Å². The molecule has 1 saturated heterocycles. The van der Waals surface area contributed by atoms with Crippen LogP contribution in [0.25, 0.3) is 0 Å². The Morgan fingerprint density at radius 3 is 2.92 bits per heavy atom. The zero-order chi connectivity index (χ0) is 9.10. The van der Waals surface area contributed by atoms with Crippen molar-refractivity contribution in [1.82, 2.24) is 4.90 Å². The normalized spacial score (nSPS) is 29.1. The van der Waals surface area contributed by atoms with Crippen LogP contribution in [0.2, 0.25) is 0 Å². The standard InChI is InChI=1S/C11H19NO/c1-2-13-9-11-4-3-7-12(11)8-10-5-6-10/h2,10-11H,1,3-9H2/t11-/m0/s1. The summed E-state index contributed by atoms with van der Waals surface area (Å²) >= 11 is 0. The van der Waals surface area contributed by atoms with Gasteiger partial charge >= 0.3 is 0 Å². The lowest BCUT2D eigenvalue weighted by molar-refractivity contribution is 0.139. The maximum atomic E-state index is 5.27. The van der Waals surface area contributed by atoms with Gasteiger partial charge in [-0.15, -0.1) is 0 Å². The van der Waals surface area contributed by atoms with Crippen molar-refractivity contribution in [3.8, 4) is 0 Å². The van der Waals surface area contributed by atoms with E-state index >= 15 is 0 Å². The molecular weight excluding hydrogens is 162 g/mol. The van der Waals surface area contributed by atoms with Crippen LogP contribution in [0.4, 0.5) is 0 Å². The number of likely N-dealkylation sites (tertiary alicyclic amines) is 1. The molecular formula is C11H19NO. The van der Waals surface area contributed by atoms with Crippen LogP contribution in [0, 0.1) is 5.92 Å². The summed E-state index contributed by atoms with van der Waals surface area (Å²) in [5, 5.41) is 0. The fraction of sp³-hybridized carbons (Fsp3) is 0.818. The van der Waals surface area contributed by atoms with E-state index in [-0.39, 0.29) is 0 Å². The quantitative estimate of drug-likeness (QED) is 0.602. The molecule has 1 atom stereocenters. The number of hydrogen-bond acceptors (Lipinski definition) is 2. The molecule has 0 N–H and O–H groups in total. The summed E-state index contributed by atoms with van der Waals surface area (Å²) in [6.45, 7) is 7.01. The molecule has 0 unspecified atom stereocenters. The highest BCUT2D eigenvalue weighted by molar-refractivity contribution is 4.85. The second kappa shape index (κ2) is 4.14. The van der Waals surface area contributed by atoms with E-state index in [2.05, 4.69) is 11.5 Å². The minimum Gasteiger partial charge on any atom is -0.500 e. The molecule has 0 amide bonds. The Bertz CT molecular complexity index is 177. The topological polar surface area (TPSA) is 12.5 Å². The molecule has 0 bridgehead atoms. The summed E-state index contributed by atoms with van der Waals surface area (Å²) in [4.78, 5) is 2.60. The molecule has 2 fully saturated rings. The second-order valence-corrected chi connectivity index (χ2v) is 4.23. The van der Waals surface area contributed by atoms with Gasteiger partial charge in [-0.3, -0.25) is 4.90 Å². The predicted octanol–water partition coefficient (Wildman–Crippen LogP) is 2.02. The van der Waals surface area contributed by atoms with E-state index in [0.29, 0.717) is 6.04 Å². The third-order valence-electron chi connectivity index (χ3n) is 3.10. The highest BCUT2D eigenvalue weighted by Gasteiger charge is 2.30. The summed E-state index contributed by atoms with van der Waals surface area (Å²) in [7, 11) is 0. The van der Waals surface area contributed by atoms with Crippen molar-refractivity contribution < 1.29 is 4.74 Å². The first-order valence-corrected chi connectivity index (χ1v) is 5.36. The molecule has 2 nitrogen and oxygen atoms in total. The molecule has 2 aliphatic rings. The molecule has 1 saturated carbocycles. The molecule has 2 heteroatoms. The van der Waals surface area contributed by atoms with E-state index in [0.717, 1.165) is 12.5 Å². The van der Waals surface area contributed by atoms with E-state index < -0.39 is 0 Å². The lowest BCUT2D eigenvalue weighted by Gasteiger charge is -2.23. The molecule has 0 aromatic rings. The van der Waals surface area contributed by atoms with Crippen LogP contribution >= 0.6 is 0 Å². The third-order valence-corrected chi connectivity index (χ3v) is 3.10. The predicted molar refractivity (Wildman–Crippen MR) is 53.5 cm³/mol. The van der Waals surface area contributed by atoms with Crippen molar-refractivity contribution in [3.63, 3.8) is 0 Å². The number of ether oxygens (including phenoxy) is 1. The van der Waals surface area contributed by atoms with Gasteiger partial charge < -0.3 is 4.74 Å². The van der Waals surface area contributed by atoms with Crippen molar-refractivity contribution in [2.24, 2.45) is 5.92 Å². The van der Waals surface area contributed by atoms with Gasteiger partial charge in [0, 0.05) is 12.6 Å². The molecule has 74 valence electrons. The molecule has 0 aromatic carbocycles. The SMILES string of the molecule is C=COC[C@@H]1CCCN1CC1CC1. The Balaban J connectivity index is 1.74. The summed E-state index contributed by atoms with van der Waals surface area (Å²) in [6.07, 6.45) is 7.11. The fourth-order valence-electron chi connectivity index (χ4n) is 2.14. The molecule has 1 aliphatic heterocycles. The minimum atomic E-state index is 0.665. The summed E-state index contributed by atoms with van der Waals surface area (Å²) in [5.74, 6) is 1.00. The van der Waals surface area contributed by atoms with Crippen molar-refractivity contribution in [3.05, 3.63) is 12.8 Å². The van der Waals surface area contributed by atoms with Crippen LogP contribution in [0.15, 0.2) is 12.8 Å². The first-order valence-electron chi connectivity index (χ1n) is 5.36. The van der Waals surface area contributed by atoms with Gasteiger partial charge in [0.1, 0.15) is 6.61 Å². The average Bonchev–Trinajstić information content (AvgIpc) is 2.82. The highest BCUT2D eigenvalue weighted by atomic mass is 16.5. The maximum Gasteiger partial charge on any atom is 0.103 e. The lowest BCUT2D eigenvalue weighted by Crippen LogP contribution is -2.34. The lowest BCUT2D eigenvalue weighted by atomic mass is 10.2. The number of nitrogens with zero attached hydrogens (tertiary/aromatic N) is 1. The minimum absolute atomic E-state index is 0.665. The van der Waals surface area contributed by atoms with Gasteiger partial charge in [-0.2, -0.15) is 0 Å². The first kappa shape index (κ1) is 9.07. The van der Waals surface area contributed by atoms with Crippen molar-refractivity contribution in [1.29, 1.82) is 0 Å². The maximum absolute atomic E-state index is 5.27. The third kappa shape index (κ3) is 2.47. The summed E-state index contributed by atoms with van der Waals surface area (Å²) < 4.78 is 5.27. The Labute approximate surface area is 80.6 Å². The molecule has 0 aromatic heterocycles. The molecule has 1 aliphatic carbocycles. The summed E-state index contributed by atoms with van der Waals surface area (Å²) in [6, 6.07) is 0.665. The number of hydrogen-bond donors (Lipinski definition) is 0. The van der Waals surface area contributed by atoms with Crippen molar-refractivity contribution in [2.75, 3.05) is 19.7 Å². The Hall–Kier alpha value is -0.500. The largest absolute Gasteiger partial charge is 0.500 e.